The summed E-state index contributed by atoms with van der Waals surface area (Å²) in [6.45, 7) is 0.704. The van der Waals surface area contributed by atoms with Gasteiger partial charge in [-0.15, -0.1) is 0 Å². The minimum atomic E-state index is -2.38. The Hall–Kier alpha value is -5.93. The Morgan fingerprint density at radius 1 is 0.737 bits per heavy atom. The van der Waals surface area contributed by atoms with E-state index in [9.17, 15) is 29.1 Å². The summed E-state index contributed by atoms with van der Waals surface area (Å²) in [5.74, 6) is -6.59. The number of ether oxygens (including phenoxy) is 7. The number of esters is 4. The molecule has 0 saturated carbocycles. The first-order valence-corrected chi connectivity index (χ1v) is 18.3. The Bertz CT molecular complexity index is 1910. The van der Waals surface area contributed by atoms with Crippen molar-refractivity contribution in [1.29, 1.82) is 0 Å². The van der Waals surface area contributed by atoms with Crippen molar-refractivity contribution in [2.75, 3.05) is 13.2 Å². The van der Waals surface area contributed by atoms with Gasteiger partial charge in [0.05, 0.1) is 31.2 Å². The molecule has 0 spiro atoms. The molecule has 0 radical (unpaired) electrons. The van der Waals surface area contributed by atoms with E-state index in [4.69, 9.17) is 33.2 Å². The van der Waals surface area contributed by atoms with E-state index in [0.717, 1.165) is 19.4 Å². The quantitative estimate of drug-likeness (QED) is 0.108. The van der Waals surface area contributed by atoms with E-state index in [0.29, 0.717) is 11.1 Å². The van der Waals surface area contributed by atoms with Crippen molar-refractivity contribution >= 4 is 29.8 Å². The van der Waals surface area contributed by atoms with Crippen LogP contribution < -0.4 is 5.32 Å². The van der Waals surface area contributed by atoms with Gasteiger partial charge in [0.25, 0.3) is 5.79 Å². The van der Waals surface area contributed by atoms with Crippen LogP contribution in [0.1, 0.15) is 47.3 Å². The SMILES string of the molecule is CC(=O)O[C@@H]([C@@H]1O[C@@](OCc2ccccc2)(C(=O)OCc2ccccc2)C[C@H](OC(C)=O)[C@H]1NC(=O)COCc1ccccc1)[C@H](O)COC(=O)c1ccccc1. The lowest BCUT2D eigenvalue weighted by molar-refractivity contribution is -0.318. The van der Waals surface area contributed by atoms with Crippen LogP contribution in [0.15, 0.2) is 121 Å². The zero-order chi connectivity index (χ0) is 40.6. The fourth-order valence-corrected chi connectivity index (χ4v) is 6.14. The molecule has 1 fully saturated rings. The molecule has 14 heteroatoms. The van der Waals surface area contributed by atoms with Gasteiger partial charge in [0.2, 0.25) is 5.91 Å². The lowest BCUT2D eigenvalue weighted by Gasteiger charge is -2.48. The molecule has 0 unspecified atom stereocenters. The van der Waals surface area contributed by atoms with Crippen LogP contribution in [0.3, 0.4) is 0 Å². The predicted octanol–water partition coefficient (Wildman–Crippen LogP) is 4.21. The monoisotopic (exact) mass is 783 g/mol. The number of benzene rings is 4. The van der Waals surface area contributed by atoms with Gasteiger partial charge in [0.15, 0.2) is 6.10 Å². The van der Waals surface area contributed by atoms with E-state index in [1.807, 2.05) is 30.3 Å². The lowest BCUT2D eigenvalue weighted by Crippen LogP contribution is -2.69. The number of aliphatic hydroxyl groups excluding tert-OH is 1. The summed E-state index contributed by atoms with van der Waals surface area (Å²) in [6.07, 6.45) is -7.19. The topological polar surface area (TPSA) is 182 Å². The van der Waals surface area contributed by atoms with Gasteiger partial charge in [-0.1, -0.05) is 109 Å². The van der Waals surface area contributed by atoms with Crippen molar-refractivity contribution in [3.8, 4) is 0 Å². The van der Waals surface area contributed by atoms with Crippen LogP contribution in [0.2, 0.25) is 0 Å². The molecule has 4 aromatic carbocycles. The van der Waals surface area contributed by atoms with Crippen molar-refractivity contribution in [2.45, 2.75) is 76.3 Å². The highest BCUT2D eigenvalue weighted by molar-refractivity contribution is 5.89. The molecule has 57 heavy (non-hydrogen) atoms. The molecule has 1 aliphatic heterocycles. The van der Waals surface area contributed by atoms with Crippen molar-refractivity contribution in [2.24, 2.45) is 0 Å². The van der Waals surface area contributed by atoms with Gasteiger partial charge in [0, 0.05) is 13.8 Å². The number of carbonyl (C=O) groups is 5. The van der Waals surface area contributed by atoms with Crippen LogP contribution in [-0.2, 0) is 72.2 Å². The van der Waals surface area contributed by atoms with Crippen LogP contribution >= 0.6 is 0 Å². The molecular formula is C43H45NO13. The molecule has 1 aliphatic rings. The molecule has 2 N–H and O–H groups in total. The van der Waals surface area contributed by atoms with Gasteiger partial charge in [-0.05, 0) is 28.8 Å². The number of amides is 1. The Labute approximate surface area is 329 Å². The molecule has 1 amide bonds. The number of rotatable bonds is 18. The van der Waals surface area contributed by atoms with E-state index in [-0.39, 0.29) is 25.4 Å². The molecule has 0 aliphatic carbocycles. The average molecular weight is 784 g/mol. The van der Waals surface area contributed by atoms with Crippen LogP contribution in [0.4, 0.5) is 0 Å². The fourth-order valence-electron chi connectivity index (χ4n) is 6.14. The second-order valence-corrected chi connectivity index (χ2v) is 13.2. The summed E-state index contributed by atoms with van der Waals surface area (Å²) in [4.78, 5) is 66.1. The molecule has 6 atom stereocenters. The predicted molar refractivity (Wildman–Crippen MR) is 202 cm³/mol. The molecule has 300 valence electrons. The molecule has 1 heterocycles. The van der Waals surface area contributed by atoms with Crippen LogP contribution in [-0.4, -0.2) is 84.3 Å². The van der Waals surface area contributed by atoms with E-state index in [2.05, 4.69) is 5.32 Å². The Morgan fingerprint density at radius 3 is 1.84 bits per heavy atom. The largest absolute Gasteiger partial charge is 0.460 e. The van der Waals surface area contributed by atoms with Crippen molar-refractivity contribution in [3.63, 3.8) is 0 Å². The van der Waals surface area contributed by atoms with Gasteiger partial charge in [-0.2, -0.15) is 0 Å². The van der Waals surface area contributed by atoms with Crippen molar-refractivity contribution in [1.82, 2.24) is 5.32 Å². The summed E-state index contributed by atoms with van der Waals surface area (Å²) in [6, 6.07) is 33.3. The fraction of sp³-hybridized carbons (Fsp3) is 0.326. The van der Waals surface area contributed by atoms with Crippen LogP contribution in [0.5, 0.6) is 0 Å². The van der Waals surface area contributed by atoms with Crippen molar-refractivity contribution in [3.05, 3.63) is 144 Å². The van der Waals surface area contributed by atoms with E-state index >= 15 is 0 Å². The summed E-state index contributed by atoms with van der Waals surface area (Å²) < 4.78 is 40.9. The first-order valence-electron chi connectivity index (χ1n) is 18.3. The van der Waals surface area contributed by atoms with Gasteiger partial charge < -0.3 is 43.6 Å². The van der Waals surface area contributed by atoms with Gasteiger partial charge in [-0.3, -0.25) is 14.4 Å². The highest BCUT2D eigenvalue weighted by atomic mass is 16.7. The zero-order valence-corrected chi connectivity index (χ0v) is 31.5. The highest BCUT2D eigenvalue weighted by Gasteiger charge is 2.59. The molecule has 0 bridgehead atoms. The van der Waals surface area contributed by atoms with E-state index < -0.39 is 85.7 Å². The Kier molecular flexibility index (Phi) is 15.4. The summed E-state index contributed by atoms with van der Waals surface area (Å²) in [5.41, 5.74) is 2.27. The summed E-state index contributed by atoms with van der Waals surface area (Å²) in [5, 5.41) is 14.4. The van der Waals surface area contributed by atoms with E-state index in [1.54, 1.807) is 78.9 Å². The molecular weight excluding hydrogens is 738 g/mol. The van der Waals surface area contributed by atoms with Crippen LogP contribution in [0, 0.1) is 0 Å². The average Bonchev–Trinajstić information content (AvgIpc) is 3.22. The second kappa shape index (κ2) is 20.8. The van der Waals surface area contributed by atoms with Crippen LogP contribution in [0.25, 0.3) is 0 Å². The third-order valence-electron chi connectivity index (χ3n) is 8.78. The minimum absolute atomic E-state index is 0.0947. The number of hydrogen-bond donors (Lipinski definition) is 2. The first kappa shape index (κ1) is 42.2. The molecule has 14 nitrogen and oxygen atoms in total. The molecule has 0 aromatic heterocycles. The molecule has 4 aromatic rings. The first-order chi connectivity index (χ1) is 27.5. The van der Waals surface area contributed by atoms with Crippen molar-refractivity contribution < 1.29 is 62.2 Å². The molecule has 5 rings (SSSR count). The third-order valence-corrected chi connectivity index (χ3v) is 8.78. The Morgan fingerprint density at radius 2 is 1.28 bits per heavy atom. The van der Waals surface area contributed by atoms with Gasteiger partial charge in [0.1, 0.15) is 38.1 Å². The molecule has 1 saturated heterocycles. The number of carbonyl (C=O) groups excluding carboxylic acids is 5. The maximum Gasteiger partial charge on any atom is 0.367 e. The van der Waals surface area contributed by atoms with Gasteiger partial charge in [-0.25, -0.2) is 9.59 Å². The van der Waals surface area contributed by atoms with E-state index in [1.165, 1.54) is 12.1 Å². The standard InChI is InChI=1S/C43H45NO13/c1-29(45)55-36-23-43(54-26-33-19-11-5-12-20-33,42(50)53-25-32-17-9-4-10-18-32)57-40(38(36)44-37(48)28-51-24-31-15-7-3-8-16-31)39(56-30(2)46)35(47)27-52-41(49)34-21-13-6-14-22-34/h3-22,35-36,38-40,47H,23-28H2,1-2H3,(H,44,48)/t35-,36+,38-,39-,40-,43-/m1/s1. The number of nitrogens with one attached hydrogen (secondary N) is 1. The minimum Gasteiger partial charge on any atom is -0.460 e. The normalized spacial score (nSPS) is 19.9. The summed E-state index contributed by atoms with van der Waals surface area (Å²) >= 11 is 0. The smallest absolute Gasteiger partial charge is 0.367 e. The number of hydrogen-bond acceptors (Lipinski definition) is 13. The zero-order valence-electron chi connectivity index (χ0n) is 31.5. The maximum absolute atomic E-state index is 14.3. The number of aliphatic hydroxyl groups is 1. The lowest BCUT2D eigenvalue weighted by atomic mass is 9.88. The Balaban J connectivity index is 1.51. The summed E-state index contributed by atoms with van der Waals surface area (Å²) in [7, 11) is 0. The second-order valence-electron chi connectivity index (χ2n) is 13.2. The maximum atomic E-state index is 14.3. The van der Waals surface area contributed by atoms with Gasteiger partial charge >= 0.3 is 23.9 Å². The third kappa shape index (κ3) is 12.5. The highest BCUT2D eigenvalue weighted by Crippen LogP contribution is 2.37.